The zero-order chi connectivity index (χ0) is 42.5. The highest BCUT2D eigenvalue weighted by molar-refractivity contribution is 6.12. The van der Waals surface area contributed by atoms with Crippen LogP contribution in [0.5, 0.6) is 0 Å². The zero-order valence-corrected chi connectivity index (χ0v) is 35.5. The van der Waals surface area contributed by atoms with Crippen molar-refractivity contribution in [2.75, 3.05) is 4.90 Å². The molecule has 10 aromatic carbocycles. The second-order valence-corrected chi connectivity index (χ2v) is 17.7. The highest BCUT2D eigenvalue weighted by Crippen LogP contribution is 2.51. The minimum absolute atomic E-state index is 0.122. The number of hydrogen-bond acceptors (Lipinski definition) is 3. The molecule has 1 aliphatic carbocycles. The molecule has 2 heterocycles. The van der Waals surface area contributed by atoms with Gasteiger partial charge in [0.25, 0.3) is 0 Å². The Morgan fingerprint density at radius 3 is 1.52 bits per heavy atom. The molecule has 0 saturated carbocycles. The average molecular weight is 820 g/mol. The van der Waals surface area contributed by atoms with Crippen LogP contribution in [0.2, 0.25) is 0 Å². The van der Waals surface area contributed by atoms with Crippen molar-refractivity contribution < 1.29 is 8.83 Å². The summed E-state index contributed by atoms with van der Waals surface area (Å²) in [7, 11) is 0. The smallest absolute Gasteiger partial charge is 0.143 e. The molecular weight excluding hydrogens is 779 g/mol. The fraction of sp³-hybridized carbons (Fsp3) is 0.0492. The van der Waals surface area contributed by atoms with Gasteiger partial charge in [-0.05, 0) is 122 Å². The van der Waals surface area contributed by atoms with Gasteiger partial charge in [-0.1, -0.05) is 159 Å². The highest BCUT2D eigenvalue weighted by Gasteiger charge is 2.35. The lowest BCUT2D eigenvalue weighted by Crippen LogP contribution is -2.16. The van der Waals surface area contributed by atoms with E-state index >= 15 is 0 Å². The van der Waals surface area contributed by atoms with Gasteiger partial charge >= 0.3 is 0 Å². The van der Waals surface area contributed by atoms with Gasteiger partial charge in [0.05, 0.1) is 0 Å². The molecule has 0 saturated heterocycles. The van der Waals surface area contributed by atoms with Crippen LogP contribution in [0.25, 0.3) is 99.2 Å². The van der Waals surface area contributed by atoms with E-state index in [1.54, 1.807) is 0 Å². The van der Waals surface area contributed by atoms with Gasteiger partial charge in [0.1, 0.15) is 22.3 Å². The summed E-state index contributed by atoms with van der Waals surface area (Å²) in [5.41, 5.74) is 18.6. The highest BCUT2D eigenvalue weighted by atomic mass is 16.3. The molecule has 12 aromatic rings. The normalized spacial score (nSPS) is 13.0. The monoisotopic (exact) mass is 819 g/mol. The van der Waals surface area contributed by atoms with Crippen LogP contribution in [0.4, 0.5) is 17.1 Å². The number of nitrogens with zero attached hydrogens (tertiary/aromatic N) is 1. The van der Waals surface area contributed by atoms with Crippen LogP contribution in [0.3, 0.4) is 0 Å². The van der Waals surface area contributed by atoms with Crippen LogP contribution < -0.4 is 4.90 Å². The Bertz CT molecular complexity index is 3700. The summed E-state index contributed by atoms with van der Waals surface area (Å²) in [5, 5.41) is 6.88. The minimum atomic E-state index is -0.122. The molecule has 0 bridgehead atoms. The first-order valence-electron chi connectivity index (χ1n) is 22.1. The SMILES string of the molecule is CC1(C)c2ccccc2-c2ccc(N(c3ccc(-c4cc(-c5cccc6c5oc5ccccc56)cc(-c5cccc6c5oc5ccccc56)c4)cc3)c3ccc4ccccc4c3)cc21. The number of furan rings is 2. The van der Waals surface area contributed by atoms with Crippen LogP contribution in [0, 0.1) is 0 Å². The van der Waals surface area contributed by atoms with Gasteiger partial charge < -0.3 is 13.7 Å². The second-order valence-electron chi connectivity index (χ2n) is 17.7. The van der Waals surface area contributed by atoms with Gasteiger partial charge in [-0.3, -0.25) is 0 Å². The summed E-state index contributed by atoms with van der Waals surface area (Å²) in [6.45, 7) is 4.70. The predicted molar refractivity (Wildman–Crippen MR) is 267 cm³/mol. The van der Waals surface area contributed by atoms with Crippen molar-refractivity contribution in [3.63, 3.8) is 0 Å². The Labute approximate surface area is 371 Å². The van der Waals surface area contributed by atoms with Crippen molar-refractivity contribution in [2.24, 2.45) is 0 Å². The summed E-state index contributed by atoms with van der Waals surface area (Å²) in [6, 6.07) is 76.8. The fourth-order valence-corrected chi connectivity index (χ4v) is 10.5. The van der Waals surface area contributed by atoms with E-state index in [1.165, 1.54) is 33.0 Å². The largest absolute Gasteiger partial charge is 0.455 e. The Hall–Kier alpha value is -8.14. The molecule has 0 spiro atoms. The van der Waals surface area contributed by atoms with Gasteiger partial charge in [-0.15, -0.1) is 0 Å². The van der Waals surface area contributed by atoms with E-state index < -0.39 is 0 Å². The lowest BCUT2D eigenvalue weighted by atomic mass is 9.82. The maximum atomic E-state index is 6.63. The molecule has 64 heavy (non-hydrogen) atoms. The van der Waals surface area contributed by atoms with Gasteiger partial charge in [0, 0.05) is 55.1 Å². The Kier molecular flexibility index (Phi) is 7.95. The Morgan fingerprint density at radius 2 is 0.828 bits per heavy atom. The molecule has 3 heteroatoms. The molecule has 0 amide bonds. The van der Waals surface area contributed by atoms with E-state index in [4.69, 9.17) is 8.83 Å². The molecule has 13 rings (SSSR count). The quantitative estimate of drug-likeness (QED) is 0.167. The number of fused-ring (bicyclic) bond motifs is 10. The van der Waals surface area contributed by atoms with Crippen molar-refractivity contribution in [3.8, 4) is 44.5 Å². The summed E-state index contributed by atoms with van der Waals surface area (Å²) < 4.78 is 13.3. The van der Waals surface area contributed by atoms with Crippen molar-refractivity contribution in [1.29, 1.82) is 0 Å². The number of rotatable bonds is 6. The van der Waals surface area contributed by atoms with E-state index in [1.807, 2.05) is 12.1 Å². The number of hydrogen-bond donors (Lipinski definition) is 0. The third-order valence-corrected chi connectivity index (χ3v) is 13.6. The molecule has 0 aliphatic heterocycles. The summed E-state index contributed by atoms with van der Waals surface area (Å²) in [4.78, 5) is 2.40. The van der Waals surface area contributed by atoms with E-state index in [9.17, 15) is 0 Å². The van der Waals surface area contributed by atoms with E-state index in [2.05, 4.69) is 219 Å². The van der Waals surface area contributed by atoms with Crippen molar-refractivity contribution in [3.05, 3.63) is 223 Å². The zero-order valence-electron chi connectivity index (χ0n) is 35.5. The van der Waals surface area contributed by atoms with Crippen LogP contribution in [0.1, 0.15) is 25.0 Å². The van der Waals surface area contributed by atoms with Gasteiger partial charge in [-0.25, -0.2) is 0 Å². The summed E-state index contributed by atoms with van der Waals surface area (Å²) in [6.07, 6.45) is 0. The molecule has 0 radical (unpaired) electrons. The second kappa shape index (κ2) is 13.9. The molecule has 3 nitrogen and oxygen atoms in total. The third-order valence-electron chi connectivity index (χ3n) is 13.6. The van der Waals surface area contributed by atoms with Crippen LogP contribution in [0.15, 0.2) is 221 Å². The lowest BCUT2D eigenvalue weighted by Gasteiger charge is -2.28. The maximum Gasteiger partial charge on any atom is 0.143 e. The topological polar surface area (TPSA) is 29.5 Å². The third kappa shape index (κ3) is 5.60. The van der Waals surface area contributed by atoms with Crippen LogP contribution >= 0.6 is 0 Å². The van der Waals surface area contributed by atoms with Crippen molar-refractivity contribution in [1.82, 2.24) is 0 Å². The molecule has 1 aliphatic rings. The average Bonchev–Trinajstić information content (AvgIpc) is 3.99. The number of para-hydroxylation sites is 4. The molecule has 2 aromatic heterocycles. The van der Waals surface area contributed by atoms with Crippen molar-refractivity contribution in [2.45, 2.75) is 19.3 Å². The lowest BCUT2D eigenvalue weighted by molar-refractivity contribution is 0.660. The maximum absolute atomic E-state index is 6.63. The summed E-state index contributed by atoms with van der Waals surface area (Å²) >= 11 is 0. The van der Waals surface area contributed by atoms with E-state index in [0.29, 0.717) is 0 Å². The first-order chi connectivity index (χ1) is 31.5. The minimum Gasteiger partial charge on any atom is -0.455 e. The first-order valence-corrected chi connectivity index (χ1v) is 22.1. The van der Waals surface area contributed by atoms with E-state index in [-0.39, 0.29) is 5.41 Å². The Morgan fingerprint density at radius 1 is 0.328 bits per heavy atom. The molecule has 0 atom stereocenters. The van der Waals surface area contributed by atoms with Gasteiger partial charge in [0.15, 0.2) is 0 Å². The molecule has 0 N–H and O–H groups in total. The molecule has 302 valence electrons. The van der Waals surface area contributed by atoms with Gasteiger partial charge in [-0.2, -0.15) is 0 Å². The Balaban J connectivity index is 0.981. The van der Waals surface area contributed by atoms with Crippen molar-refractivity contribution >= 4 is 71.7 Å². The van der Waals surface area contributed by atoms with Gasteiger partial charge in [0.2, 0.25) is 0 Å². The molecule has 0 fully saturated rings. The van der Waals surface area contributed by atoms with E-state index in [0.717, 1.165) is 94.3 Å². The predicted octanol–water partition coefficient (Wildman–Crippen LogP) is 17.4. The fourth-order valence-electron chi connectivity index (χ4n) is 10.5. The molecule has 0 unspecified atom stereocenters. The number of anilines is 3. The first kappa shape index (κ1) is 36.5. The summed E-state index contributed by atoms with van der Waals surface area (Å²) in [5.74, 6) is 0. The van der Waals surface area contributed by atoms with Crippen LogP contribution in [-0.2, 0) is 5.41 Å². The standard InChI is InChI=1S/C61H41NO2/c1-61(2)55-22-8-5-15-49(55)50-32-31-46(37-56(50)61)62(45-30-27-38-13-3-4-14-40(38)36-45)44-28-25-39(26-29-44)41-33-42(47-18-11-20-53-51-16-6-9-23-57(51)63-59(47)53)35-43(34-41)48-19-12-21-54-52-17-7-10-24-58(52)64-60(48)54/h3-37H,1-2H3. The number of benzene rings is 10. The molecular formula is C61H41NO2. The van der Waals surface area contributed by atoms with Crippen LogP contribution in [-0.4, -0.2) is 0 Å².